The first-order chi connectivity index (χ1) is 14.3. The van der Waals surface area contributed by atoms with Crippen LogP contribution in [0.2, 0.25) is 5.02 Å². The first-order valence-corrected chi connectivity index (χ1v) is 9.83. The first-order valence-electron chi connectivity index (χ1n) is 9.45. The topological polar surface area (TPSA) is 103 Å². The predicted molar refractivity (Wildman–Crippen MR) is 117 cm³/mol. The molecule has 0 bridgehead atoms. The van der Waals surface area contributed by atoms with Crippen molar-refractivity contribution >= 4 is 29.1 Å². The van der Waals surface area contributed by atoms with Gasteiger partial charge in [0, 0.05) is 42.7 Å². The second-order valence-electron chi connectivity index (χ2n) is 7.26. The highest BCUT2D eigenvalue weighted by Crippen LogP contribution is 2.33. The largest absolute Gasteiger partial charge is 0.326 e. The summed E-state index contributed by atoms with van der Waals surface area (Å²) in [5, 5.41) is 7.68. The number of nitrogens with zero attached hydrogens (tertiary/aromatic N) is 5. The molecule has 154 valence electrons. The summed E-state index contributed by atoms with van der Waals surface area (Å²) in [5.41, 5.74) is 11.3. The molecule has 1 amide bonds. The minimum atomic E-state index is -0.351. The van der Waals surface area contributed by atoms with E-state index in [2.05, 4.69) is 20.4 Å². The number of imidazole rings is 1. The lowest BCUT2D eigenvalue weighted by Gasteiger charge is -2.15. The van der Waals surface area contributed by atoms with E-state index >= 15 is 0 Å². The Kier molecular flexibility index (Phi) is 5.05. The fourth-order valence-corrected chi connectivity index (χ4v) is 3.84. The van der Waals surface area contributed by atoms with Crippen molar-refractivity contribution in [2.24, 2.45) is 12.8 Å². The third-order valence-electron chi connectivity index (χ3n) is 4.98. The SMILES string of the molecule is Cc1ccc(-c2c(CN)c(C)nc3nc(C(=O)Nc4cc(C)nn4C)cn23)c(Cl)c1. The highest BCUT2D eigenvalue weighted by molar-refractivity contribution is 6.33. The number of halogens is 1. The summed E-state index contributed by atoms with van der Waals surface area (Å²) < 4.78 is 3.38. The van der Waals surface area contributed by atoms with E-state index in [0.29, 0.717) is 16.6 Å². The van der Waals surface area contributed by atoms with Crippen molar-refractivity contribution in [2.45, 2.75) is 27.3 Å². The molecule has 1 aromatic carbocycles. The molecule has 8 nitrogen and oxygen atoms in total. The van der Waals surface area contributed by atoms with Crippen molar-refractivity contribution in [3.05, 3.63) is 63.7 Å². The number of anilines is 1. The average Bonchev–Trinajstić information content (AvgIpc) is 3.23. The zero-order valence-electron chi connectivity index (χ0n) is 17.2. The van der Waals surface area contributed by atoms with Gasteiger partial charge in [-0.25, -0.2) is 9.97 Å². The van der Waals surface area contributed by atoms with E-state index in [1.165, 1.54) is 0 Å². The lowest BCUT2D eigenvalue weighted by molar-refractivity contribution is 0.102. The number of carbonyl (C=O) groups excluding carboxylic acids is 1. The Labute approximate surface area is 178 Å². The van der Waals surface area contributed by atoms with Gasteiger partial charge in [0.05, 0.1) is 16.4 Å². The Bertz CT molecular complexity index is 1290. The van der Waals surface area contributed by atoms with Gasteiger partial charge in [-0.15, -0.1) is 0 Å². The lowest BCUT2D eigenvalue weighted by atomic mass is 10.0. The quantitative estimate of drug-likeness (QED) is 0.523. The molecule has 0 fully saturated rings. The van der Waals surface area contributed by atoms with Crippen LogP contribution < -0.4 is 11.1 Å². The summed E-state index contributed by atoms with van der Waals surface area (Å²) in [6.07, 6.45) is 1.66. The number of hydrogen-bond donors (Lipinski definition) is 2. The molecule has 0 aliphatic heterocycles. The molecule has 4 rings (SSSR count). The van der Waals surface area contributed by atoms with Crippen LogP contribution in [0, 0.1) is 20.8 Å². The zero-order chi connectivity index (χ0) is 21.6. The van der Waals surface area contributed by atoms with Crippen LogP contribution in [0.15, 0.2) is 30.5 Å². The van der Waals surface area contributed by atoms with Gasteiger partial charge in [-0.3, -0.25) is 13.9 Å². The van der Waals surface area contributed by atoms with Gasteiger partial charge in [-0.1, -0.05) is 23.7 Å². The van der Waals surface area contributed by atoms with Gasteiger partial charge in [0.25, 0.3) is 5.91 Å². The average molecular weight is 424 g/mol. The van der Waals surface area contributed by atoms with Crippen molar-refractivity contribution in [2.75, 3.05) is 5.32 Å². The Balaban J connectivity index is 1.86. The number of fused-ring (bicyclic) bond motifs is 1. The van der Waals surface area contributed by atoms with Crippen LogP contribution in [0.25, 0.3) is 17.0 Å². The van der Waals surface area contributed by atoms with Crippen molar-refractivity contribution in [1.29, 1.82) is 0 Å². The van der Waals surface area contributed by atoms with Crippen molar-refractivity contribution in [3.8, 4) is 11.3 Å². The molecule has 0 unspecified atom stereocenters. The van der Waals surface area contributed by atoms with Crippen molar-refractivity contribution in [3.63, 3.8) is 0 Å². The van der Waals surface area contributed by atoms with Gasteiger partial charge in [0.15, 0.2) is 0 Å². The Morgan fingerprint density at radius 2 is 1.97 bits per heavy atom. The second kappa shape index (κ2) is 7.55. The number of aromatic nitrogens is 5. The molecule has 0 aliphatic carbocycles. The second-order valence-corrected chi connectivity index (χ2v) is 7.66. The minimum absolute atomic E-state index is 0.236. The van der Waals surface area contributed by atoms with Crippen molar-refractivity contribution < 1.29 is 4.79 Å². The molecule has 3 N–H and O–H groups in total. The predicted octanol–water partition coefficient (Wildman–Crippen LogP) is 3.42. The smallest absolute Gasteiger partial charge is 0.277 e. The minimum Gasteiger partial charge on any atom is -0.326 e. The Hall–Kier alpha value is -3.23. The number of rotatable bonds is 4. The number of hydrogen-bond acceptors (Lipinski definition) is 5. The zero-order valence-corrected chi connectivity index (χ0v) is 17.9. The number of nitrogens with two attached hydrogens (primary N) is 1. The van der Waals surface area contributed by atoms with E-state index in [-0.39, 0.29) is 18.1 Å². The molecular formula is C21H22ClN7O. The maximum Gasteiger partial charge on any atom is 0.277 e. The summed E-state index contributed by atoms with van der Waals surface area (Å²) in [6.45, 7) is 5.99. The van der Waals surface area contributed by atoms with Gasteiger partial charge in [-0.2, -0.15) is 5.10 Å². The van der Waals surface area contributed by atoms with Gasteiger partial charge < -0.3 is 11.1 Å². The van der Waals surface area contributed by atoms with E-state index < -0.39 is 0 Å². The monoisotopic (exact) mass is 423 g/mol. The van der Waals surface area contributed by atoms with Gasteiger partial charge in [0.1, 0.15) is 11.5 Å². The van der Waals surface area contributed by atoms with Crippen LogP contribution in [0.1, 0.15) is 33.0 Å². The van der Waals surface area contributed by atoms with Gasteiger partial charge in [0.2, 0.25) is 5.78 Å². The molecule has 0 saturated carbocycles. The summed E-state index contributed by atoms with van der Waals surface area (Å²) in [4.78, 5) is 21.8. The third kappa shape index (κ3) is 3.44. The number of carbonyl (C=O) groups is 1. The molecule has 30 heavy (non-hydrogen) atoms. The molecule has 0 radical (unpaired) electrons. The van der Waals surface area contributed by atoms with Crippen LogP contribution in [0.5, 0.6) is 0 Å². The third-order valence-corrected chi connectivity index (χ3v) is 5.29. The van der Waals surface area contributed by atoms with E-state index in [0.717, 1.165) is 33.8 Å². The van der Waals surface area contributed by atoms with Crippen LogP contribution in [-0.2, 0) is 13.6 Å². The highest BCUT2D eigenvalue weighted by Gasteiger charge is 2.20. The number of aryl methyl sites for hydroxylation is 4. The molecular weight excluding hydrogens is 402 g/mol. The number of amides is 1. The van der Waals surface area contributed by atoms with Crippen LogP contribution in [0.3, 0.4) is 0 Å². The maximum absolute atomic E-state index is 12.8. The standard InChI is InChI=1S/C21H22ClN7O/c1-11-5-6-14(16(22)7-11)19-15(9-23)13(3)24-21-25-17(10-29(19)21)20(30)26-18-8-12(2)27-28(18)4/h5-8,10H,9,23H2,1-4H3,(H,26,30). The molecule has 0 spiro atoms. The molecule has 9 heteroatoms. The summed E-state index contributed by atoms with van der Waals surface area (Å²) in [6, 6.07) is 7.62. The molecule has 3 heterocycles. The maximum atomic E-state index is 12.8. The first kappa shape index (κ1) is 20.1. The van der Waals surface area contributed by atoms with E-state index in [9.17, 15) is 4.79 Å². The van der Waals surface area contributed by atoms with Crippen LogP contribution in [-0.4, -0.2) is 30.1 Å². The molecule has 0 saturated heterocycles. The normalized spacial score (nSPS) is 11.3. The van der Waals surface area contributed by atoms with E-state index in [1.807, 2.05) is 39.0 Å². The van der Waals surface area contributed by atoms with Gasteiger partial charge >= 0.3 is 0 Å². The summed E-state index contributed by atoms with van der Waals surface area (Å²) in [5.74, 6) is 0.641. The molecule has 0 aliphatic rings. The molecule has 0 atom stereocenters. The lowest BCUT2D eigenvalue weighted by Crippen LogP contribution is -2.14. The van der Waals surface area contributed by atoms with E-state index in [4.69, 9.17) is 17.3 Å². The Morgan fingerprint density at radius 1 is 1.20 bits per heavy atom. The summed E-state index contributed by atoms with van der Waals surface area (Å²) >= 11 is 6.56. The molecule has 3 aromatic heterocycles. The van der Waals surface area contributed by atoms with Crippen LogP contribution in [0.4, 0.5) is 5.82 Å². The summed E-state index contributed by atoms with van der Waals surface area (Å²) in [7, 11) is 1.77. The van der Waals surface area contributed by atoms with Crippen molar-refractivity contribution in [1.82, 2.24) is 24.1 Å². The fraction of sp³-hybridized carbons (Fsp3) is 0.238. The van der Waals surface area contributed by atoms with Gasteiger partial charge in [-0.05, 0) is 32.4 Å². The number of benzene rings is 1. The van der Waals surface area contributed by atoms with Crippen LogP contribution >= 0.6 is 11.6 Å². The number of nitrogens with one attached hydrogen (secondary N) is 1. The molecule has 4 aromatic rings. The highest BCUT2D eigenvalue weighted by atomic mass is 35.5. The van der Waals surface area contributed by atoms with E-state index in [1.54, 1.807) is 28.4 Å². The fourth-order valence-electron chi connectivity index (χ4n) is 3.51. The Morgan fingerprint density at radius 3 is 2.60 bits per heavy atom.